The predicted molar refractivity (Wildman–Crippen MR) is 75.1 cm³/mol. The fourth-order valence-electron chi connectivity index (χ4n) is 2.87. The fourth-order valence-corrected chi connectivity index (χ4v) is 4.63. The maximum atomic E-state index is 3.63. The Morgan fingerprint density at radius 3 is 2.69 bits per heavy atom. The summed E-state index contributed by atoms with van der Waals surface area (Å²) in [4.78, 5) is 1.49. The van der Waals surface area contributed by atoms with Gasteiger partial charge in [0.2, 0.25) is 0 Å². The summed E-state index contributed by atoms with van der Waals surface area (Å²) in [6, 6.07) is 2.88. The molecule has 0 amide bonds. The molecule has 16 heavy (non-hydrogen) atoms. The first kappa shape index (κ1) is 12.6. The number of hydrogen-bond acceptors (Lipinski definition) is 2. The van der Waals surface area contributed by atoms with Crippen molar-refractivity contribution in [2.45, 2.75) is 39.2 Å². The van der Waals surface area contributed by atoms with Crippen LogP contribution in [-0.2, 0) is 0 Å². The van der Waals surface area contributed by atoms with Gasteiger partial charge in [0.05, 0.1) is 3.79 Å². The van der Waals surface area contributed by atoms with Crippen molar-refractivity contribution in [1.29, 1.82) is 0 Å². The lowest BCUT2D eigenvalue weighted by Crippen LogP contribution is -2.26. The second-order valence-corrected chi connectivity index (χ2v) is 7.35. The molecule has 2 rings (SSSR count). The third kappa shape index (κ3) is 2.36. The van der Waals surface area contributed by atoms with Gasteiger partial charge < -0.3 is 5.32 Å². The van der Waals surface area contributed by atoms with Crippen LogP contribution < -0.4 is 5.32 Å². The van der Waals surface area contributed by atoms with E-state index >= 15 is 0 Å². The topological polar surface area (TPSA) is 12.0 Å². The van der Waals surface area contributed by atoms with Crippen molar-refractivity contribution in [1.82, 2.24) is 5.32 Å². The number of nitrogens with one attached hydrogen (secondary N) is 1. The Kier molecular flexibility index (Phi) is 4.09. The molecule has 1 aromatic rings. The monoisotopic (exact) mass is 301 g/mol. The minimum absolute atomic E-state index is 0.549. The first-order valence-electron chi connectivity index (χ1n) is 6.06. The number of halogens is 1. The quantitative estimate of drug-likeness (QED) is 0.866. The van der Waals surface area contributed by atoms with Gasteiger partial charge in [-0.15, -0.1) is 11.3 Å². The van der Waals surface area contributed by atoms with Crippen LogP contribution in [0.1, 0.15) is 42.7 Å². The van der Waals surface area contributed by atoms with E-state index in [1.54, 1.807) is 0 Å². The molecule has 1 nitrogen and oxygen atoms in total. The van der Waals surface area contributed by atoms with Crippen LogP contribution in [0.5, 0.6) is 0 Å². The molecule has 0 bridgehead atoms. The molecule has 1 aliphatic carbocycles. The van der Waals surface area contributed by atoms with E-state index in [0.29, 0.717) is 6.04 Å². The Morgan fingerprint density at radius 2 is 2.25 bits per heavy atom. The van der Waals surface area contributed by atoms with E-state index in [1.807, 2.05) is 11.3 Å². The average molecular weight is 302 g/mol. The standard InChI is InChI=1S/C13H20BrNS/c1-8-5-4-6-10(8)12(15-3)11-7-9(2)13(14)16-11/h7-8,10,12,15H,4-6H2,1-3H3. The highest BCUT2D eigenvalue weighted by Crippen LogP contribution is 2.43. The summed E-state index contributed by atoms with van der Waals surface area (Å²) >= 11 is 5.52. The number of rotatable bonds is 3. The molecule has 0 saturated heterocycles. The predicted octanol–water partition coefficient (Wildman–Crippen LogP) is 4.52. The van der Waals surface area contributed by atoms with Crippen molar-refractivity contribution in [3.05, 3.63) is 20.3 Å². The molecule has 1 N–H and O–H groups in total. The number of aryl methyl sites for hydroxylation is 1. The highest BCUT2D eigenvalue weighted by Gasteiger charge is 2.31. The summed E-state index contributed by atoms with van der Waals surface area (Å²) < 4.78 is 1.29. The molecule has 90 valence electrons. The minimum atomic E-state index is 0.549. The van der Waals surface area contributed by atoms with Crippen molar-refractivity contribution in [2.75, 3.05) is 7.05 Å². The number of thiophene rings is 1. The Labute approximate surface area is 111 Å². The maximum Gasteiger partial charge on any atom is 0.0731 e. The van der Waals surface area contributed by atoms with Gasteiger partial charge in [0, 0.05) is 10.9 Å². The molecule has 1 aromatic heterocycles. The Balaban J connectivity index is 2.21. The van der Waals surface area contributed by atoms with E-state index in [9.17, 15) is 0 Å². The molecule has 0 spiro atoms. The summed E-state index contributed by atoms with van der Waals surface area (Å²) in [7, 11) is 2.10. The van der Waals surface area contributed by atoms with Gasteiger partial charge in [-0.2, -0.15) is 0 Å². The average Bonchev–Trinajstić information content (AvgIpc) is 2.78. The molecule has 0 aliphatic heterocycles. The second-order valence-electron chi connectivity index (χ2n) is 4.94. The molecule has 0 radical (unpaired) electrons. The smallest absolute Gasteiger partial charge is 0.0731 e. The van der Waals surface area contributed by atoms with Gasteiger partial charge in [0.1, 0.15) is 0 Å². The molecule has 3 atom stereocenters. The molecule has 1 saturated carbocycles. The highest BCUT2D eigenvalue weighted by molar-refractivity contribution is 9.11. The number of hydrogen-bond donors (Lipinski definition) is 1. The first-order valence-corrected chi connectivity index (χ1v) is 7.67. The van der Waals surface area contributed by atoms with Crippen molar-refractivity contribution in [2.24, 2.45) is 11.8 Å². The van der Waals surface area contributed by atoms with E-state index in [4.69, 9.17) is 0 Å². The second kappa shape index (κ2) is 5.19. The molecule has 0 aromatic carbocycles. The van der Waals surface area contributed by atoms with Crippen LogP contribution in [0, 0.1) is 18.8 Å². The van der Waals surface area contributed by atoms with Crippen LogP contribution in [0.15, 0.2) is 9.85 Å². The molecule has 3 heteroatoms. The van der Waals surface area contributed by atoms with Crippen LogP contribution >= 0.6 is 27.3 Å². The van der Waals surface area contributed by atoms with Gasteiger partial charge in [-0.1, -0.05) is 19.8 Å². The largest absolute Gasteiger partial charge is 0.312 e. The summed E-state index contributed by atoms with van der Waals surface area (Å²) in [5, 5.41) is 3.52. The van der Waals surface area contributed by atoms with E-state index in [1.165, 1.54) is 33.5 Å². The van der Waals surface area contributed by atoms with Gasteiger partial charge in [-0.3, -0.25) is 0 Å². The van der Waals surface area contributed by atoms with E-state index in [2.05, 4.69) is 48.2 Å². The highest BCUT2D eigenvalue weighted by atomic mass is 79.9. The van der Waals surface area contributed by atoms with Crippen LogP contribution in [0.25, 0.3) is 0 Å². The normalized spacial score (nSPS) is 27.2. The first-order chi connectivity index (χ1) is 7.63. The molecule has 1 aliphatic rings. The van der Waals surface area contributed by atoms with Gasteiger partial charge in [-0.05, 0) is 59.8 Å². The van der Waals surface area contributed by atoms with Crippen molar-refractivity contribution in [3.63, 3.8) is 0 Å². The summed E-state index contributed by atoms with van der Waals surface area (Å²) in [6.07, 6.45) is 4.17. The molecule has 1 fully saturated rings. The van der Waals surface area contributed by atoms with Crippen molar-refractivity contribution >= 4 is 27.3 Å². The Hall–Kier alpha value is 0.140. The Morgan fingerprint density at radius 1 is 1.50 bits per heavy atom. The summed E-state index contributed by atoms with van der Waals surface area (Å²) in [6.45, 7) is 4.58. The van der Waals surface area contributed by atoms with Crippen molar-refractivity contribution < 1.29 is 0 Å². The molecular weight excluding hydrogens is 282 g/mol. The Bertz CT molecular complexity index is 341. The van der Waals surface area contributed by atoms with Gasteiger partial charge in [-0.25, -0.2) is 0 Å². The zero-order valence-corrected chi connectivity index (χ0v) is 12.6. The SMILES string of the molecule is CNC(c1cc(C)c(Br)s1)C1CCCC1C. The zero-order valence-electron chi connectivity index (χ0n) is 10.2. The summed E-state index contributed by atoms with van der Waals surface area (Å²) in [5.41, 5.74) is 1.37. The summed E-state index contributed by atoms with van der Waals surface area (Å²) in [5.74, 6) is 1.67. The fraction of sp³-hybridized carbons (Fsp3) is 0.692. The van der Waals surface area contributed by atoms with Gasteiger partial charge >= 0.3 is 0 Å². The van der Waals surface area contributed by atoms with Crippen LogP contribution in [0.4, 0.5) is 0 Å². The van der Waals surface area contributed by atoms with Crippen LogP contribution in [-0.4, -0.2) is 7.05 Å². The zero-order chi connectivity index (χ0) is 11.7. The molecule has 3 unspecified atom stereocenters. The maximum absolute atomic E-state index is 3.63. The lowest BCUT2D eigenvalue weighted by molar-refractivity contribution is 0.319. The third-order valence-corrected chi connectivity index (χ3v) is 6.07. The minimum Gasteiger partial charge on any atom is -0.312 e. The van der Waals surface area contributed by atoms with Crippen molar-refractivity contribution in [3.8, 4) is 0 Å². The van der Waals surface area contributed by atoms with E-state index < -0.39 is 0 Å². The molecular formula is C13H20BrNS. The lowest BCUT2D eigenvalue weighted by atomic mass is 9.89. The van der Waals surface area contributed by atoms with Gasteiger partial charge in [0.15, 0.2) is 0 Å². The molecule has 1 heterocycles. The van der Waals surface area contributed by atoms with E-state index in [0.717, 1.165) is 11.8 Å². The third-order valence-electron chi connectivity index (χ3n) is 3.85. The van der Waals surface area contributed by atoms with Crippen LogP contribution in [0.2, 0.25) is 0 Å². The van der Waals surface area contributed by atoms with E-state index in [-0.39, 0.29) is 0 Å². The van der Waals surface area contributed by atoms with Gasteiger partial charge in [0.25, 0.3) is 0 Å². The lowest BCUT2D eigenvalue weighted by Gasteiger charge is -2.25. The van der Waals surface area contributed by atoms with Crippen LogP contribution in [0.3, 0.4) is 0 Å².